The standard InChI is InChI=1S/C39H75O2/c1-4-7-9-11-13-15-17-19-21-23-25-27-29-31-33-35-38(40)37(6-3)39(41)36-34-32-30-28-26-24-22-20-18-16-14-12-10-8-5-2/h37H,3-36H2,1-2H3. The highest BCUT2D eigenvalue weighted by Crippen LogP contribution is 2.18. The van der Waals surface area contributed by atoms with Gasteiger partial charge in [-0.1, -0.05) is 201 Å². The van der Waals surface area contributed by atoms with E-state index in [-0.39, 0.29) is 11.6 Å². The number of rotatable bonds is 35. The molecule has 0 aromatic rings. The van der Waals surface area contributed by atoms with Gasteiger partial charge in [-0.15, -0.1) is 0 Å². The van der Waals surface area contributed by atoms with Gasteiger partial charge in [-0.3, -0.25) is 9.59 Å². The molecular weight excluding hydrogens is 500 g/mol. The number of unbranched alkanes of at least 4 members (excludes halogenated alkanes) is 28. The highest BCUT2D eigenvalue weighted by molar-refractivity contribution is 6.02. The van der Waals surface area contributed by atoms with Crippen molar-refractivity contribution < 1.29 is 9.59 Å². The number of carbonyl (C=O) groups excluding carboxylic acids is 2. The van der Waals surface area contributed by atoms with Crippen LogP contribution < -0.4 is 0 Å². The number of ketones is 2. The number of hydrogen-bond acceptors (Lipinski definition) is 2. The molecule has 243 valence electrons. The first-order valence-electron chi connectivity index (χ1n) is 19.0. The summed E-state index contributed by atoms with van der Waals surface area (Å²) in [4.78, 5) is 25.3. The summed E-state index contributed by atoms with van der Waals surface area (Å²) in [7, 11) is 0. The lowest BCUT2D eigenvalue weighted by Crippen LogP contribution is -2.23. The summed E-state index contributed by atoms with van der Waals surface area (Å²) in [5, 5.41) is 0. The Morgan fingerprint density at radius 2 is 0.561 bits per heavy atom. The Kier molecular flexibility index (Phi) is 33.3. The van der Waals surface area contributed by atoms with Crippen LogP contribution in [0.1, 0.15) is 226 Å². The van der Waals surface area contributed by atoms with Crippen LogP contribution in [0.3, 0.4) is 0 Å². The Morgan fingerprint density at radius 1 is 0.366 bits per heavy atom. The molecular formula is C39H75O2. The summed E-state index contributed by atoms with van der Waals surface area (Å²) in [6.07, 6.45) is 41.5. The first kappa shape index (κ1) is 40.3. The Morgan fingerprint density at radius 3 is 0.756 bits per heavy atom. The average Bonchev–Trinajstić information content (AvgIpc) is 2.97. The van der Waals surface area contributed by atoms with Crippen molar-refractivity contribution in [1.29, 1.82) is 0 Å². The van der Waals surface area contributed by atoms with E-state index in [4.69, 9.17) is 0 Å². The Hall–Kier alpha value is -0.660. The van der Waals surface area contributed by atoms with E-state index in [2.05, 4.69) is 20.8 Å². The molecule has 0 spiro atoms. The molecule has 0 saturated carbocycles. The molecule has 0 aliphatic heterocycles. The van der Waals surface area contributed by atoms with Crippen molar-refractivity contribution in [3.8, 4) is 0 Å². The Bertz CT molecular complexity index is 494. The van der Waals surface area contributed by atoms with Gasteiger partial charge in [0.1, 0.15) is 11.6 Å². The molecule has 0 fully saturated rings. The van der Waals surface area contributed by atoms with Gasteiger partial charge >= 0.3 is 0 Å². The molecule has 0 amide bonds. The number of carbonyl (C=O) groups is 2. The van der Waals surface area contributed by atoms with Crippen molar-refractivity contribution in [2.75, 3.05) is 0 Å². The fraction of sp³-hybridized carbons (Fsp3) is 0.923. The second-order valence-electron chi connectivity index (χ2n) is 13.2. The lowest BCUT2D eigenvalue weighted by Gasteiger charge is -2.12. The molecule has 0 heterocycles. The Labute approximate surface area is 259 Å². The highest BCUT2D eigenvalue weighted by Gasteiger charge is 2.23. The minimum atomic E-state index is -0.437. The van der Waals surface area contributed by atoms with E-state index in [9.17, 15) is 9.59 Å². The quantitative estimate of drug-likeness (QED) is 0.0556. The van der Waals surface area contributed by atoms with Gasteiger partial charge in [-0.2, -0.15) is 0 Å². The summed E-state index contributed by atoms with van der Waals surface area (Å²) in [6, 6.07) is 0. The zero-order valence-electron chi connectivity index (χ0n) is 28.4. The summed E-state index contributed by atoms with van der Waals surface area (Å²) in [5.41, 5.74) is 0. The van der Waals surface area contributed by atoms with E-state index < -0.39 is 5.92 Å². The molecule has 0 aliphatic carbocycles. The van der Waals surface area contributed by atoms with E-state index in [0.29, 0.717) is 19.3 Å². The van der Waals surface area contributed by atoms with Crippen LogP contribution in [0.4, 0.5) is 0 Å². The molecule has 0 aromatic heterocycles. The van der Waals surface area contributed by atoms with Crippen molar-refractivity contribution in [2.24, 2.45) is 5.92 Å². The molecule has 0 aromatic carbocycles. The zero-order valence-corrected chi connectivity index (χ0v) is 28.4. The second kappa shape index (κ2) is 33.8. The molecule has 0 N–H and O–H groups in total. The van der Waals surface area contributed by atoms with Gasteiger partial charge in [0, 0.05) is 12.8 Å². The summed E-state index contributed by atoms with van der Waals surface area (Å²) < 4.78 is 0. The molecule has 0 unspecified atom stereocenters. The molecule has 41 heavy (non-hydrogen) atoms. The molecule has 0 atom stereocenters. The first-order chi connectivity index (χ1) is 20.2. The third kappa shape index (κ3) is 29.2. The second-order valence-corrected chi connectivity index (χ2v) is 13.2. The molecule has 1 radical (unpaired) electrons. The highest BCUT2D eigenvalue weighted by atomic mass is 16.1. The van der Waals surface area contributed by atoms with Crippen LogP contribution >= 0.6 is 0 Å². The maximum absolute atomic E-state index is 12.6. The van der Waals surface area contributed by atoms with Gasteiger partial charge < -0.3 is 0 Å². The summed E-state index contributed by atoms with van der Waals surface area (Å²) >= 11 is 0. The predicted molar refractivity (Wildman–Crippen MR) is 183 cm³/mol. The van der Waals surface area contributed by atoms with E-state index >= 15 is 0 Å². The molecule has 0 saturated heterocycles. The van der Waals surface area contributed by atoms with E-state index in [1.807, 2.05) is 0 Å². The molecule has 2 heteroatoms. The van der Waals surface area contributed by atoms with Crippen molar-refractivity contribution in [1.82, 2.24) is 0 Å². The van der Waals surface area contributed by atoms with Crippen LogP contribution in [-0.4, -0.2) is 11.6 Å². The van der Waals surface area contributed by atoms with Crippen molar-refractivity contribution >= 4 is 11.6 Å². The van der Waals surface area contributed by atoms with Crippen molar-refractivity contribution in [3.63, 3.8) is 0 Å². The lowest BCUT2D eigenvalue weighted by molar-refractivity contribution is -0.132. The predicted octanol–water partition coefficient (Wildman–Crippen LogP) is 13.5. The van der Waals surface area contributed by atoms with Crippen LogP contribution in [0.5, 0.6) is 0 Å². The SMILES string of the molecule is [CH2]CC(C(=O)CCCCCCCCCCCCCCCCC)C(=O)CCCCCCCCCCCCCCCCC. The lowest BCUT2D eigenvalue weighted by atomic mass is 9.89. The monoisotopic (exact) mass is 576 g/mol. The van der Waals surface area contributed by atoms with Crippen LogP contribution in [0, 0.1) is 12.8 Å². The third-order valence-corrected chi connectivity index (χ3v) is 9.12. The van der Waals surface area contributed by atoms with Crippen LogP contribution in [0.25, 0.3) is 0 Å². The van der Waals surface area contributed by atoms with Crippen LogP contribution in [0.2, 0.25) is 0 Å². The van der Waals surface area contributed by atoms with Crippen molar-refractivity contribution in [3.05, 3.63) is 6.92 Å². The normalized spacial score (nSPS) is 11.5. The van der Waals surface area contributed by atoms with Crippen LogP contribution in [-0.2, 0) is 9.59 Å². The van der Waals surface area contributed by atoms with Gasteiger partial charge in [0.2, 0.25) is 0 Å². The van der Waals surface area contributed by atoms with E-state index in [1.54, 1.807) is 0 Å². The van der Waals surface area contributed by atoms with Gasteiger partial charge in [0.15, 0.2) is 0 Å². The molecule has 0 aliphatic rings. The summed E-state index contributed by atoms with van der Waals surface area (Å²) in [5.74, 6) is -0.130. The van der Waals surface area contributed by atoms with E-state index in [1.165, 1.54) is 167 Å². The number of Topliss-reactive ketones (excluding diaryl/α,β-unsaturated/α-hetero) is 2. The average molecular weight is 576 g/mol. The third-order valence-electron chi connectivity index (χ3n) is 9.12. The fourth-order valence-electron chi connectivity index (χ4n) is 6.19. The minimum absolute atomic E-state index is 0.153. The largest absolute Gasteiger partial charge is 0.299 e. The molecule has 0 bridgehead atoms. The van der Waals surface area contributed by atoms with Gasteiger partial charge in [0.25, 0.3) is 0 Å². The van der Waals surface area contributed by atoms with E-state index in [0.717, 1.165) is 25.7 Å². The smallest absolute Gasteiger partial charge is 0.143 e. The van der Waals surface area contributed by atoms with Gasteiger partial charge in [-0.05, 0) is 19.3 Å². The first-order valence-corrected chi connectivity index (χ1v) is 19.0. The van der Waals surface area contributed by atoms with Crippen LogP contribution in [0.15, 0.2) is 0 Å². The summed E-state index contributed by atoms with van der Waals surface area (Å²) in [6.45, 7) is 8.49. The topological polar surface area (TPSA) is 34.1 Å². The maximum atomic E-state index is 12.6. The molecule has 0 rings (SSSR count). The molecule has 2 nitrogen and oxygen atoms in total. The number of hydrogen-bond donors (Lipinski definition) is 0. The fourth-order valence-corrected chi connectivity index (χ4v) is 6.19. The minimum Gasteiger partial charge on any atom is -0.299 e. The van der Waals surface area contributed by atoms with Crippen molar-refractivity contribution in [2.45, 2.75) is 226 Å². The maximum Gasteiger partial charge on any atom is 0.143 e. The Balaban J connectivity index is 3.53. The van der Waals surface area contributed by atoms with Gasteiger partial charge in [0.05, 0.1) is 5.92 Å². The zero-order chi connectivity index (χ0) is 30.1. The van der Waals surface area contributed by atoms with Gasteiger partial charge in [-0.25, -0.2) is 0 Å².